The maximum atomic E-state index is 12.8. The molecule has 1 heterocycles. The van der Waals surface area contributed by atoms with Crippen LogP contribution in [-0.2, 0) is 11.3 Å². The second-order valence-electron chi connectivity index (χ2n) is 3.31. The molecule has 5 nitrogen and oxygen atoms in total. The zero-order valence-corrected chi connectivity index (χ0v) is 10.1. The van der Waals surface area contributed by atoms with Crippen LogP contribution in [0.3, 0.4) is 0 Å². The third-order valence-electron chi connectivity index (χ3n) is 2.21. The fraction of sp³-hybridized carbons (Fsp3) is 0.455. The molecule has 0 aromatic carbocycles. The van der Waals surface area contributed by atoms with E-state index in [1.165, 1.54) is 7.11 Å². The van der Waals surface area contributed by atoms with Crippen LogP contribution in [0.1, 0.15) is 35.0 Å². The summed E-state index contributed by atoms with van der Waals surface area (Å²) in [5, 5.41) is 0. The van der Waals surface area contributed by atoms with Crippen LogP contribution in [-0.4, -0.2) is 24.7 Å². The number of nitrogens with two attached hydrogens (primary N) is 1. The van der Waals surface area contributed by atoms with Gasteiger partial charge in [0.1, 0.15) is 0 Å². The molecule has 0 fully saturated rings. The Labute approximate surface area is 103 Å². The molecule has 18 heavy (non-hydrogen) atoms. The van der Waals surface area contributed by atoms with Crippen LogP contribution in [0.4, 0.5) is 8.78 Å². The molecule has 0 saturated heterocycles. The van der Waals surface area contributed by atoms with Gasteiger partial charge in [-0.3, -0.25) is 0 Å². The summed E-state index contributed by atoms with van der Waals surface area (Å²) in [4.78, 5) is 15.4. The molecule has 100 valence electrons. The molecule has 0 saturated carbocycles. The van der Waals surface area contributed by atoms with E-state index in [-0.39, 0.29) is 30.3 Å². The Hall–Kier alpha value is -1.76. The van der Waals surface area contributed by atoms with Crippen molar-refractivity contribution < 1.29 is 23.0 Å². The summed E-state index contributed by atoms with van der Waals surface area (Å²) < 4.78 is 35.1. The van der Waals surface area contributed by atoms with Crippen LogP contribution in [0.5, 0.6) is 5.88 Å². The van der Waals surface area contributed by atoms with E-state index in [2.05, 4.69) is 4.98 Å². The first kappa shape index (κ1) is 14.3. The summed E-state index contributed by atoms with van der Waals surface area (Å²) in [6.45, 7) is 1.68. The highest BCUT2D eigenvalue weighted by Gasteiger charge is 2.22. The number of pyridine rings is 1. The number of ether oxygens (including phenoxy) is 2. The highest BCUT2D eigenvalue weighted by Crippen LogP contribution is 2.29. The molecular formula is C11H14F2N2O3. The molecule has 7 heteroatoms. The van der Waals surface area contributed by atoms with Crippen LogP contribution >= 0.6 is 0 Å². The van der Waals surface area contributed by atoms with Crippen LogP contribution < -0.4 is 10.5 Å². The SMILES string of the molecule is CCOC(=O)c1cc(C(F)F)c(OC)nc1CN. The molecule has 0 aliphatic heterocycles. The zero-order valence-electron chi connectivity index (χ0n) is 10.1. The van der Waals surface area contributed by atoms with Gasteiger partial charge in [0.15, 0.2) is 0 Å². The van der Waals surface area contributed by atoms with Gasteiger partial charge in [-0.1, -0.05) is 0 Å². The van der Waals surface area contributed by atoms with E-state index in [0.717, 1.165) is 6.07 Å². The third kappa shape index (κ3) is 2.92. The molecule has 0 aliphatic rings. The van der Waals surface area contributed by atoms with Gasteiger partial charge in [0.25, 0.3) is 6.43 Å². The summed E-state index contributed by atoms with van der Waals surface area (Å²) >= 11 is 0. The average molecular weight is 260 g/mol. The van der Waals surface area contributed by atoms with Crippen LogP contribution in [0.25, 0.3) is 0 Å². The molecular weight excluding hydrogens is 246 g/mol. The molecule has 1 rings (SSSR count). The van der Waals surface area contributed by atoms with Gasteiger partial charge < -0.3 is 15.2 Å². The minimum atomic E-state index is -2.80. The number of halogens is 2. The Morgan fingerprint density at radius 2 is 2.22 bits per heavy atom. The molecule has 0 unspecified atom stereocenters. The fourth-order valence-electron chi connectivity index (χ4n) is 1.41. The van der Waals surface area contributed by atoms with E-state index in [0.29, 0.717) is 0 Å². The second kappa shape index (κ2) is 6.25. The Morgan fingerprint density at radius 3 is 2.67 bits per heavy atom. The molecule has 2 N–H and O–H groups in total. The predicted molar refractivity (Wildman–Crippen MR) is 59.6 cm³/mol. The largest absolute Gasteiger partial charge is 0.481 e. The number of hydrogen-bond donors (Lipinski definition) is 1. The van der Waals surface area contributed by atoms with Crippen molar-refractivity contribution in [3.05, 3.63) is 22.9 Å². The second-order valence-corrected chi connectivity index (χ2v) is 3.31. The number of nitrogens with zero attached hydrogens (tertiary/aromatic N) is 1. The Bertz CT molecular complexity index is 439. The van der Waals surface area contributed by atoms with Gasteiger partial charge in [0.05, 0.1) is 30.5 Å². The van der Waals surface area contributed by atoms with Crippen molar-refractivity contribution in [1.29, 1.82) is 0 Å². The highest BCUT2D eigenvalue weighted by molar-refractivity contribution is 5.91. The summed E-state index contributed by atoms with van der Waals surface area (Å²) in [5.41, 5.74) is 5.06. The lowest BCUT2D eigenvalue weighted by atomic mass is 10.1. The lowest BCUT2D eigenvalue weighted by Gasteiger charge is -2.12. The summed E-state index contributed by atoms with van der Waals surface area (Å²) in [6.07, 6.45) is -2.80. The summed E-state index contributed by atoms with van der Waals surface area (Å²) in [7, 11) is 1.22. The lowest BCUT2D eigenvalue weighted by Crippen LogP contribution is -2.14. The lowest BCUT2D eigenvalue weighted by molar-refractivity contribution is 0.0523. The van der Waals surface area contributed by atoms with E-state index in [1.54, 1.807) is 6.92 Å². The van der Waals surface area contributed by atoms with E-state index in [9.17, 15) is 13.6 Å². The number of carbonyl (C=O) groups excluding carboxylic acids is 1. The van der Waals surface area contributed by atoms with Crippen LogP contribution in [0.2, 0.25) is 0 Å². The highest BCUT2D eigenvalue weighted by atomic mass is 19.3. The summed E-state index contributed by atoms with van der Waals surface area (Å²) in [6, 6.07) is 1.01. The van der Waals surface area contributed by atoms with Crippen molar-refractivity contribution in [3.8, 4) is 5.88 Å². The molecule has 1 aromatic heterocycles. The Balaban J connectivity index is 3.31. The van der Waals surface area contributed by atoms with Gasteiger partial charge in [-0.15, -0.1) is 0 Å². The number of alkyl halides is 2. The smallest absolute Gasteiger partial charge is 0.340 e. The van der Waals surface area contributed by atoms with Gasteiger partial charge in [-0.2, -0.15) is 0 Å². The minimum Gasteiger partial charge on any atom is -0.481 e. The van der Waals surface area contributed by atoms with E-state index >= 15 is 0 Å². The van der Waals surface area contributed by atoms with Gasteiger partial charge >= 0.3 is 5.97 Å². The first-order chi connectivity index (χ1) is 8.54. The molecule has 0 bridgehead atoms. The van der Waals surface area contributed by atoms with Crippen LogP contribution in [0.15, 0.2) is 6.07 Å². The monoisotopic (exact) mass is 260 g/mol. The van der Waals surface area contributed by atoms with E-state index < -0.39 is 18.0 Å². The normalized spacial score (nSPS) is 10.6. The summed E-state index contributed by atoms with van der Waals surface area (Å²) in [5.74, 6) is -0.964. The first-order valence-electron chi connectivity index (χ1n) is 5.28. The van der Waals surface area contributed by atoms with Crippen LogP contribution in [0, 0.1) is 0 Å². The Morgan fingerprint density at radius 1 is 1.56 bits per heavy atom. The quantitative estimate of drug-likeness (QED) is 0.815. The molecule has 0 spiro atoms. The Kier molecular flexibility index (Phi) is 4.96. The van der Waals surface area contributed by atoms with Crippen molar-refractivity contribution in [2.24, 2.45) is 5.73 Å². The number of rotatable bonds is 5. The third-order valence-corrected chi connectivity index (χ3v) is 2.21. The van der Waals surface area contributed by atoms with Gasteiger partial charge in [0, 0.05) is 6.54 Å². The topological polar surface area (TPSA) is 74.4 Å². The van der Waals surface area contributed by atoms with Crippen molar-refractivity contribution in [2.75, 3.05) is 13.7 Å². The predicted octanol–water partition coefficient (Wildman–Crippen LogP) is 1.66. The van der Waals surface area contributed by atoms with Gasteiger partial charge in [0.2, 0.25) is 5.88 Å². The standard InChI is InChI=1S/C11H14F2N2O3/c1-3-18-11(16)6-4-7(9(12)13)10(17-2)15-8(6)5-14/h4,9H,3,5,14H2,1-2H3. The molecule has 1 aromatic rings. The van der Waals surface area contributed by atoms with E-state index in [4.69, 9.17) is 15.2 Å². The maximum absolute atomic E-state index is 12.8. The van der Waals surface area contributed by atoms with Crippen molar-refractivity contribution >= 4 is 5.97 Å². The van der Waals surface area contributed by atoms with Gasteiger partial charge in [-0.05, 0) is 13.0 Å². The number of esters is 1. The number of hydrogen-bond acceptors (Lipinski definition) is 5. The number of aromatic nitrogens is 1. The maximum Gasteiger partial charge on any atom is 0.340 e. The number of carbonyl (C=O) groups is 1. The minimum absolute atomic E-state index is 0.0598. The van der Waals surface area contributed by atoms with Crippen molar-refractivity contribution in [3.63, 3.8) is 0 Å². The molecule has 0 atom stereocenters. The fourth-order valence-corrected chi connectivity index (χ4v) is 1.41. The zero-order chi connectivity index (χ0) is 13.7. The number of methoxy groups -OCH3 is 1. The molecule has 0 aliphatic carbocycles. The first-order valence-corrected chi connectivity index (χ1v) is 5.28. The van der Waals surface area contributed by atoms with Crippen molar-refractivity contribution in [2.45, 2.75) is 19.9 Å². The van der Waals surface area contributed by atoms with Gasteiger partial charge in [-0.25, -0.2) is 18.6 Å². The molecule has 0 amide bonds. The van der Waals surface area contributed by atoms with E-state index in [1.807, 2.05) is 0 Å². The van der Waals surface area contributed by atoms with Crippen molar-refractivity contribution in [1.82, 2.24) is 4.98 Å². The molecule has 0 radical (unpaired) electrons. The average Bonchev–Trinajstić information content (AvgIpc) is 2.37.